The molecule has 0 saturated heterocycles. The molecule has 0 radical (unpaired) electrons. The van der Waals surface area contributed by atoms with Gasteiger partial charge in [0, 0.05) is 20.9 Å². The molecule has 0 unspecified atom stereocenters. The van der Waals surface area contributed by atoms with Crippen LogP contribution in [-0.2, 0) is 0 Å². The zero-order valence-electron chi connectivity index (χ0n) is 8.59. The van der Waals surface area contributed by atoms with Crippen molar-refractivity contribution in [1.82, 2.24) is 0 Å². The van der Waals surface area contributed by atoms with E-state index in [9.17, 15) is 0 Å². The lowest BCUT2D eigenvalue weighted by Crippen LogP contribution is -1.67. The minimum atomic E-state index is 1.19. The molecule has 4 aromatic rings. The Morgan fingerprint density at radius 2 is 0.944 bits per heavy atom. The largest absolute Gasteiger partial charge is 0.128 e. The highest BCUT2D eigenvalue weighted by atomic mass is 79.9. The zero-order valence-corrected chi connectivity index (χ0v) is 15.8. The van der Waals surface area contributed by atoms with Gasteiger partial charge in [-0.3, -0.25) is 0 Å². The van der Waals surface area contributed by atoms with Crippen molar-refractivity contribution in [2.75, 3.05) is 0 Å². The van der Waals surface area contributed by atoms with Crippen LogP contribution in [0.1, 0.15) is 0 Å². The molecular weight excluding hydrogens is 480 g/mol. The average Bonchev–Trinajstić information content (AvgIpc) is 2.93. The molecule has 1 aromatic carbocycles. The molecule has 0 aliphatic heterocycles. The average molecular weight is 483 g/mol. The van der Waals surface area contributed by atoms with E-state index in [0.29, 0.717) is 0 Å². The first-order valence-electron chi connectivity index (χ1n) is 5.02. The lowest BCUT2D eigenvalue weighted by Gasteiger charge is -1.96. The van der Waals surface area contributed by atoms with Crippen LogP contribution in [0.2, 0.25) is 0 Å². The van der Waals surface area contributed by atoms with E-state index >= 15 is 0 Å². The summed E-state index contributed by atoms with van der Waals surface area (Å²) in [6.45, 7) is 0. The van der Waals surface area contributed by atoms with Crippen molar-refractivity contribution in [1.29, 1.82) is 0 Å². The maximum Gasteiger partial charge on any atom is 0.0712 e. The SMILES string of the molecule is Brc1cc2c3cc(Br)sc3c3sc(Br)cc3c2s1. The second-order valence-corrected chi connectivity index (χ2v) is 11.2. The van der Waals surface area contributed by atoms with Crippen molar-refractivity contribution in [2.45, 2.75) is 0 Å². The van der Waals surface area contributed by atoms with Gasteiger partial charge in [-0.05, 0) is 66.0 Å². The molecule has 90 valence electrons. The van der Waals surface area contributed by atoms with Crippen LogP contribution in [0.4, 0.5) is 0 Å². The van der Waals surface area contributed by atoms with E-state index in [4.69, 9.17) is 0 Å². The number of halogens is 3. The predicted molar refractivity (Wildman–Crippen MR) is 95.7 cm³/mol. The predicted octanol–water partition coefficient (Wildman–Crippen LogP) is 7.62. The molecule has 0 amide bonds. The van der Waals surface area contributed by atoms with E-state index in [1.54, 1.807) is 0 Å². The van der Waals surface area contributed by atoms with Gasteiger partial charge >= 0.3 is 0 Å². The smallest absolute Gasteiger partial charge is 0.0712 e. The van der Waals surface area contributed by atoms with Gasteiger partial charge < -0.3 is 0 Å². The second-order valence-electron chi connectivity index (χ2n) is 3.88. The minimum absolute atomic E-state index is 1.19. The summed E-state index contributed by atoms with van der Waals surface area (Å²) < 4.78 is 7.71. The molecule has 0 N–H and O–H groups in total. The summed E-state index contributed by atoms with van der Waals surface area (Å²) in [5.41, 5.74) is 0. The third-order valence-electron chi connectivity index (χ3n) is 2.85. The Morgan fingerprint density at radius 1 is 0.556 bits per heavy atom. The van der Waals surface area contributed by atoms with Gasteiger partial charge in [0.1, 0.15) is 0 Å². The molecule has 6 heteroatoms. The van der Waals surface area contributed by atoms with Gasteiger partial charge in [0.2, 0.25) is 0 Å². The van der Waals surface area contributed by atoms with Crippen molar-refractivity contribution < 1.29 is 0 Å². The van der Waals surface area contributed by atoms with Gasteiger partial charge in [-0.1, -0.05) is 0 Å². The molecule has 0 aliphatic rings. The molecule has 0 saturated carbocycles. The van der Waals surface area contributed by atoms with Gasteiger partial charge in [-0.2, -0.15) is 0 Å². The molecule has 0 atom stereocenters. The summed E-state index contributed by atoms with van der Waals surface area (Å²) >= 11 is 16.3. The summed E-state index contributed by atoms with van der Waals surface area (Å²) in [6, 6.07) is 6.69. The number of hydrogen-bond donors (Lipinski definition) is 0. The van der Waals surface area contributed by atoms with Crippen LogP contribution >= 0.6 is 81.8 Å². The fourth-order valence-electron chi connectivity index (χ4n) is 2.19. The van der Waals surface area contributed by atoms with E-state index in [2.05, 4.69) is 66.0 Å². The molecule has 0 aliphatic carbocycles. The monoisotopic (exact) mass is 480 g/mol. The second kappa shape index (κ2) is 4.27. The van der Waals surface area contributed by atoms with E-state index in [1.807, 2.05) is 34.0 Å². The van der Waals surface area contributed by atoms with Crippen molar-refractivity contribution in [3.05, 3.63) is 29.6 Å². The van der Waals surface area contributed by atoms with Crippen LogP contribution in [0.15, 0.2) is 29.6 Å². The molecule has 4 rings (SSSR count). The van der Waals surface area contributed by atoms with Crippen molar-refractivity contribution in [2.24, 2.45) is 0 Å². The number of thiophene rings is 3. The molecule has 0 nitrogen and oxygen atoms in total. The molecule has 18 heavy (non-hydrogen) atoms. The fourth-order valence-corrected chi connectivity index (χ4v) is 7.27. The van der Waals surface area contributed by atoms with Crippen molar-refractivity contribution in [3.63, 3.8) is 0 Å². The maximum atomic E-state index is 3.61. The highest BCUT2D eigenvalue weighted by Crippen LogP contribution is 2.48. The fraction of sp³-hybridized carbons (Fsp3) is 0. The van der Waals surface area contributed by atoms with Crippen LogP contribution in [0.3, 0.4) is 0 Å². The molecule has 3 aromatic heterocycles. The van der Waals surface area contributed by atoms with E-state index in [-0.39, 0.29) is 0 Å². The maximum absolute atomic E-state index is 3.61. The van der Waals surface area contributed by atoms with Crippen molar-refractivity contribution >= 4 is 112 Å². The summed E-state index contributed by atoms with van der Waals surface area (Å²) in [4.78, 5) is 0. The lowest BCUT2D eigenvalue weighted by molar-refractivity contribution is 2.03. The molecule has 0 spiro atoms. The van der Waals surface area contributed by atoms with Crippen LogP contribution < -0.4 is 0 Å². The van der Waals surface area contributed by atoms with Crippen LogP contribution in [0.5, 0.6) is 0 Å². The third-order valence-corrected chi connectivity index (χ3v) is 7.96. The van der Waals surface area contributed by atoms with Gasteiger partial charge in [0.25, 0.3) is 0 Å². The number of fused-ring (bicyclic) bond motifs is 6. The zero-order chi connectivity index (χ0) is 12.4. The first kappa shape index (κ1) is 12.3. The Labute approximate surface area is 140 Å². The molecule has 0 fully saturated rings. The number of benzene rings is 1. The first-order valence-corrected chi connectivity index (χ1v) is 9.85. The Kier molecular flexibility index (Phi) is 2.91. The number of hydrogen-bond acceptors (Lipinski definition) is 3. The molecular formula is C12H3Br3S3. The van der Waals surface area contributed by atoms with Crippen LogP contribution in [0, 0.1) is 0 Å². The summed E-state index contributed by atoms with van der Waals surface area (Å²) in [7, 11) is 0. The van der Waals surface area contributed by atoms with Gasteiger partial charge in [-0.25, -0.2) is 0 Å². The molecule has 3 heterocycles. The van der Waals surface area contributed by atoms with Gasteiger partial charge in [0.15, 0.2) is 0 Å². The highest BCUT2D eigenvalue weighted by molar-refractivity contribution is 9.11. The Balaban J connectivity index is 2.43. The van der Waals surface area contributed by atoms with Crippen molar-refractivity contribution in [3.8, 4) is 0 Å². The van der Waals surface area contributed by atoms with E-state index in [1.165, 1.54) is 41.6 Å². The normalized spacial score (nSPS) is 12.2. The van der Waals surface area contributed by atoms with E-state index < -0.39 is 0 Å². The van der Waals surface area contributed by atoms with Crippen LogP contribution in [0.25, 0.3) is 30.3 Å². The van der Waals surface area contributed by atoms with E-state index in [0.717, 1.165) is 0 Å². The highest BCUT2D eigenvalue weighted by Gasteiger charge is 2.15. The minimum Gasteiger partial charge on any atom is -0.128 e. The van der Waals surface area contributed by atoms with Gasteiger partial charge in [0.05, 0.1) is 20.8 Å². The summed E-state index contributed by atoms with van der Waals surface area (Å²) in [6.07, 6.45) is 0. The molecule has 0 bridgehead atoms. The quantitative estimate of drug-likeness (QED) is 0.242. The van der Waals surface area contributed by atoms with Crippen LogP contribution in [-0.4, -0.2) is 0 Å². The Hall–Kier alpha value is 0.540. The standard InChI is InChI=1S/C12H3Br3S3/c13-7-1-4-5-2-8(14)17-11(5)12-6(10(4)16-7)3-9(15)18-12/h1-3H. The summed E-state index contributed by atoms with van der Waals surface area (Å²) in [5.74, 6) is 0. The summed E-state index contributed by atoms with van der Waals surface area (Å²) in [5, 5.41) is 4.06. The lowest BCUT2D eigenvalue weighted by atomic mass is 10.1. The number of rotatable bonds is 0. The Bertz CT molecular complexity index is 695. The topological polar surface area (TPSA) is 0 Å². The Morgan fingerprint density at radius 3 is 1.56 bits per heavy atom. The first-order chi connectivity index (χ1) is 8.63. The third kappa shape index (κ3) is 1.70. The van der Waals surface area contributed by atoms with Gasteiger partial charge in [-0.15, -0.1) is 34.0 Å².